The van der Waals surface area contributed by atoms with Crippen molar-refractivity contribution >= 4 is 12.1 Å². The third-order valence-electron chi connectivity index (χ3n) is 4.12. The second kappa shape index (κ2) is 7.13. The molecule has 28 heavy (non-hydrogen) atoms. The average Bonchev–Trinajstić information content (AvgIpc) is 3.20. The van der Waals surface area contributed by atoms with Crippen molar-refractivity contribution in [3.05, 3.63) is 29.8 Å². The summed E-state index contributed by atoms with van der Waals surface area (Å²) in [5.41, 5.74) is -0.818. The zero-order valence-corrected chi connectivity index (χ0v) is 15.5. The van der Waals surface area contributed by atoms with Crippen LogP contribution in [0.1, 0.15) is 33.2 Å². The molecule has 9 nitrogen and oxygen atoms in total. The van der Waals surface area contributed by atoms with Crippen LogP contribution in [0.25, 0.3) is 11.4 Å². The number of aromatic nitrogens is 4. The van der Waals surface area contributed by atoms with Crippen LogP contribution in [0.5, 0.6) is 0 Å². The molecule has 0 spiro atoms. The van der Waals surface area contributed by atoms with Crippen LogP contribution in [-0.2, 0) is 9.53 Å². The number of carbonyl (C=O) groups excluding carboxylic acids is 1. The smallest absolute Gasteiger partial charge is 0.411 e. The summed E-state index contributed by atoms with van der Waals surface area (Å²) in [6.07, 6.45) is -0.719. The van der Waals surface area contributed by atoms with Crippen LogP contribution in [0, 0.1) is 11.6 Å². The summed E-state index contributed by atoms with van der Waals surface area (Å²) in [4.78, 5) is 26.1. The van der Waals surface area contributed by atoms with Crippen LogP contribution in [0.3, 0.4) is 0 Å². The molecule has 0 aliphatic carbocycles. The largest absolute Gasteiger partial charge is 0.480 e. The zero-order valence-electron chi connectivity index (χ0n) is 15.5. The van der Waals surface area contributed by atoms with Gasteiger partial charge in [0, 0.05) is 19.0 Å². The molecule has 1 N–H and O–H groups in total. The van der Waals surface area contributed by atoms with E-state index in [1.54, 1.807) is 20.8 Å². The minimum absolute atomic E-state index is 0.00637. The zero-order chi connectivity index (χ0) is 20.6. The highest BCUT2D eigenvalue weighted by atomic mass is 19.1. The summed E-state index contributed by atoms with van der Waals surface area (Å²) in [5, 5.41) is 21.1. The molecular weight excluding hydrogens is 376 g/mol. The summed E-state index contributed by atoms with van der Waals surface area (Å²) in [7, 11) is 0. The molecule has 2 aromatic rings. The molecule has 1 aromatic heterocycles. The van der Waals surface area contributed by atoms with E-state index in [-0.39, 0.29) is 24.4 Å². The lowest BCUT2D eigenvalue weighted by atomic mass is 10.2. The number of hydrogen-bond donors (Lipinski definition) is 1. The van der Waals surface area contributed by atoms with Crippen molar-refractivity contribution in [1.29, 1.82) is 0 Å². The fourth-order valence-electron chi connectivity index (χ4n) is 2.90. The van der Waals surface area contributed by atoms with Crippen LogP contribution < -0.4 is 0 Å². The lowest BCUT2D eigenvalue weighted by molar-refractivity contribution is -0.142. The fraction of sp³-hybridized carbons (Fsp3) is 0.471. The Balaban J connectivity index is 1.82. The molecule has 2 atom stereocenters. The fourth-order valence-corrected chi connectivity index (χ4v) is 2.90. The molecule has 1 aliphatic heterocycles. The Morgan fingerprint density at radius 3 is 2.61 bits per heavy atom. The number of ether oxygens (including phenoxy) is 1. The van der Waals surface area contributed by atoms with Gasteiger partial charge in [-0.3, -0.25) is 4.90 Å². The topological polar surface area (TPSA) is 110 Å². The first kappa shape index (κ1) is 19.6. The van der Waals surface area contributed by atoms with E-state index in [4.69, 9.17) is 4.74 Å². The van der Waals surface area contributed by atoms with Crippen molar-refractivity contribution in [1.82, 2.24) is 25.1 Å². The van der Waals surface area contributed by atoms with Gasteiger partial charge in [0.05, 0.1) is 11.6 Å². The highest BCUT2D eigenvalue weighted by Crippen LogP contribution is 2.29. The summed E-state index contributed by atoms with van der Waals surface area (Å²) >= 11 is 0. The van der Waals surface area contributed by atoms with E-state index in [0.717, 1.165) is 15.8 Å². The number of carbonyl (C=O) groups is 2. The van der Waals surface area contributed by atoms with Gasteiger partial charge in [-0.25, -0.2) is 18.4 Å². The van der Waals surface area contributed by atoms with Gasteiger partial charge < -0.3 is 9.84 Å². The number of carboxylic acid groups (broad SMARTS) is 1. The predicted octanol–water partition coefficient (Wildman–Crippen LogP) is 2.25. The highest BCUT2D eigenvalue weighted by molar-refractivity contribution is 5.81. The molecule has 0 saturated carbocycles. The lowest BCUT2D eigenvalue weighted by Crippen LogP contribution is -2.43. The van der Waals surface area contributed by atoms with Gasteiger partial charge in [0.25, 0.3) is 0 Å². The van der Waals surface area contributed by atoms with Gasteiger partial charge in [-0.05, 0) is 38.1 Å². The first-order valence-electron chi connectivity index (χ1n) is 8.52. The molecule has 150 valence electrons. The van der Waals surface area contributed by atoms with Gasteiger partial charge in [0.15, 0.2) is 0 Å². The lowest BCUT2D eigenvalue weighted by Gasteiger charge is -2.26. The Bertz CT molecular complexity index is 911. The molecule has 1 fully saturated rings. The quantitative estimate of drug-likeness (QED) is 0.849. The second-order valence-corrected chi connectivity index (χ2v) is 7.43. The Kier molecular flexibility index (Phi) is 5.01. The van der Waals surface area contributed by atoms with E-state index in [2.05, 4.69) is 15.4 Å². The maximum absolute atomic E-state index is 13.9. The van der Waals surface area contributed by atoms with Crippen LogP contribution in [0.15, 0.2) is 18.2 Å². The van der Waals surface area contributed by atoms with Gasteiger partial charge >= 0.3 is 12.1 Å². The molecule has 3 rings (SSSR count). The number of halogens is 2. The minimum Gasteiger partial charge on any atom is -0.480 e. The highest BCUT2D eigenvalue weighted by Gasteiger charge is 2.43. The Labute approximate surface area is 158 Å². The number of amides is 1. The molecule has 0 radical (unpaired) electrons. The van der Waals surface area contributed by atoms with Gasteiger partial charge in [0.1, 0.15) is 23.3 Å². The summed E-state index contributed by atoms with van der Waals surface area (Å²) in [6.45, 7) is 5.03. The van der Waals surface area contributed by atoms with Crippen LogP contribution in [-0.4, -0.2) is 60.5 Å². The monoisotopic (exact) mass is 395 g/mol. The van der Waals surface area contributed by atoms with E-state index in [1.165, 1.54) is 6.07 Å². The van der Waals surface area contributed by atoms with Crippen molar-refractivity contribution in [3.8, 4) is 11.4 Å². The van der Waals surface area contributed by atoms with Crippen LogP contribution in [0.4, 0.5) is 13.6 Å². The van der Waals surface area contributed by atoms with E-state index in [1.807, 2.05) is 0 Å². The molecule has 11 heteroatoms. The summed E-state index contributed by atoms with van der Waals surface area (Å²) < 4.78 is 32.2. The normalized spacial score (nSPS) is 19.7. The standard InChI is InChI=1S/C17H19F2N5O4/c1-17(2,3)28-16(27)23-8-10(7-13(23)15(25)26)24-21-14(20-22-24)11-5-4-9(18)6-12(11)19/h4-6,10,13H,7-8H2,1-3H3,(H,25,26)/t10-,13-/m0/s1. The molecular formula is C17H19F2N5O4. The maximum atomic E-state index is 13.9. The van der Waals surface area contributed by atoms with E-state index >= 15 is 0 Å². The molecule has 1 amide bonds. The third kappa shape index (κ3) is 4.07. The predicted molar refractivity (Wildman–Crippen MR) is 91.2 cm³/mol. The number of hydrogen-bond acceptors (Lipinski definition) is 6. The Hall–Kier alpha value is -3.11. The summed E-state index contributed by atoms with van der Waals surface area (Å²) in [5.74, 6) is -2.83. The maximum Gasteiger partial charge on any atom is 0.411 e. The SMILES string of the molecule is CC(C)(C)OC(=O)N1C[C@@H](n2nnc(-c3ccc(F)cc3F)n2)C[C@H]1C(=O)O. The number of likely N-dealkylation sites (tertiary alicyclic amines) is 1. The second-order valence-electron chi connectivity index (χ2n) is 7.43. The van der Waals surface area contributed by atoms with Crippen molar-refractivity contribution in [2.75, 3.05) is 6.54 Å². The van der Waals surface area contributed by atoms with Gasteiger partial charge in [-0.1, -0.05) is 0 Å². The van der Waals surface area contributed by atoms with Crippen LogP contribution >= 0.6 is 0 Å². The molecule has 1 aromatic carbocycles. The van der Waals surface area contributed by atoms with E-state index in [9.17, 15) is 23.5 Å². The van der Waals surface area contributed by atoms with Gasteiger partial charge in [-0.15, -0.1) is 10.2 Å². The molecule has 0 unspecified atom stereocenters. The number of carboxylic acids is 1. The van der Waals surface area contributed by atoms with Gasteiger partial charge in [-0.2, -0.15) is 4.80 Å². The number of aliphatic carboxylic acids is 1. The van der Waals surface area contributed by atoms with E-state index in [0.29, 0.717) is 6.07 Å². The molecule has 1 aliphatic rings. The van der Waals surface area contributed by atoms with Crippen molar-refractivity contribution in [2.45, 2.75) is 44.9 Å². The first-order chi connectivity index (χ1) is 13.0. The molecule has 0 bridgehead atoms. The number of rotatable bonds is 3. The molecule has 1 saturated heterocycles. The Morgan fingerprint density at radius 2 is 2.00 bits per heavy atom. The van der Waals surface area contributed by atoms with Gasteiger partial charge in [0.2, 0.25) is 5.82 Å². The van der Waals surface area contributed by atoms with Crippen molar-refractivity contribution in [2.24, 2.45) is 0 Å². The minimum atomic E-state index is -1.18. The Morgan fingerprint density at radius 1 is 1.29 bits per heavy atom. The third-order valence-corrected chi connectivity index (χ3v) is 4.12. The van der Waals surface area contributed by atoms with E-state index < -0.39 is 41.4 Å². The molecule has 2 heterocycles. The average molecular weight is 395 g/mol. The number of benzene rings is 1. The van der Waals surface area contributed by atoms with Crippen LogP contribution in [0.2, 0.25) is 0 Å². The van der Waals surface area contributed by atoms with Crippen molar-refractivity contribution < 1.29 is 28.2 Å². The number of tetrazole rings is 1. The number of nitrogens with zero attached hydrogens (tertiary/aromatic N) is 5. The first-order valence-corrected chi connectivity index (χ1v) is 8.52. The van der Waals surface area contributed by atoms with Crippen molar-refractivity contribution in [3.63, 3.8) is 0 Å². The summed E-state index contributed by atoms with van der Waals surface area (Å²) in [6, 6.07) is 1.26.